The number of nitrogens with one attached hydrogen (secondary N) is 8. The molecule has 0 aromatic heterocycles. The lowest BCUT2D eigenvalue weighted by Gasteiger charge is -2.35. The normalized spacial score (nSPS) is 41.3. The Balaban J connectivity index is 0.000000191. The fourth-order valence-corrected chi connectivity index (χ4v) is 15.1. The highest BCUT2D eigenvalue weighted by atomic mass is 32.2. The summed E-state index contributed by atoms with van der Waals surface area (Å²) in [6.45, 7) is 2.25. The average Bonchev–Trinajstić information content (AvgIpc) is 4.03. The standard InChI is InChI=1S/C32H56N8.C18H30O3S/c1-2-10-18-17(9-1)25-33-26(18)38-28-21-13-5-6-14-22(21)30(35-28)40-32-24-16-8-7-15-23(24)31(36-32)39-29-20-12-4-3-11-19(20)27(34-29)37-25;1-2-3-4-5-6-7-8-9-10-11-12-17-13-15-18(16-14-17)22(19,20)21/h17-40H,1-16H2;13-16H,2-12H2,1H3,(H,19,20,21). The van der Waals surface area contributed by atoms with Crippen molar-refractivity contribution >= 4 is 10.1 Å². The lowest BCUT2D eigenvalue weighted by molar-refractivity contribution is 0.167. The fraction of sp³-hybridized carbons (Fsp3) is 0.880. The highest BCUT2D eigenvalue weighted by Crippen LogP contribution is 2.45. The Kier molecular flexibility index (Phi) is 16.0. The number of fused-ring (bicyclic) bond motifs is 20. The van der Waals surface area contributed by atoms with Crippen molar-refractivity contribution in [3.8, 4) is 0 Å². The van der Waals surface area contributed by atoms with Gasteiger partial charge in [0, 0.05) is 0 Å². The molecular weight excluding hydrogens is 793 g/mol. The van der Waals surface area contributed by atoms with Crippen molar-refractivity contribution < 1.29 is 13.0 Å². The van der Waals surface area contributed by atoms with Crippen molar-refractivity contribution in [3.63, 3.8) is 0 Å². The predicted molar refractivity (Wildman–Crippen MR) is 249 cm³/mol. The van der Waals surface area contributed by atoms with E-state index in [0.717, 1.165) is 65.7 Å². The molecule has 5 heterocycles. The first-order chi connectivity index (χ1) is 30.3. The number of aryl methyl sites for hydroxylation is 1. The van der Waals surface area contributed by atoms with Gasteiger partial charge in [-0.1, -0.05) is 128 Å². The molecule has 8 bridgehead atoms. The Bertz CT molecular complexity index is 1440. The largest absolute Gasteiger partial charge is 0.294 e. The van der Waals surface area contributed by atoms with Gasteiger partial charge in [0.2, 0.25) is 0 Å². The molecule has 4 aliphatic carbocycles. The molecule has 8 unspecified atom stereocenters. The van der Waals surface area contributed by atoms with Gasteiger partial charge in [0.1, 0.15) is 0 Å². The molecule has 8 atom stereocenters. The lowest BCUT2D eigenvalue weighted by atomic mass is 9.76. The Morgan fingerprint density at radius 1 is 0.403 bits per heavy atom. The average molecular weight is 879 g/mol. The Morgan fingerprint density at radius 2 is 0.645 bits per heavy atom. The molecule has 10 rings (SSSR count). The zero-order chi connectivity index (χ0) is 42.5. The van der Waals surface area contributed by atoms with Crippen LogP contribution in [0, 0.1) is 47.3 Å². The monoisotopic (exact) mass is 879 g/mol. The molecule has 9 N–H and O–H groups in total. The van der Waals surface area contributed by atoms with Crippen LogP contribution in [0.25, 0.3) is 0 Å². The summed E-state index contributed by atoms with van der Waals surface area (Å²) in [4.78, 5) is -0.0284. The van der Waals surface area contributed by atoms with Gasteiger partial charge in [0.05, 0.1) is 54.2 Å². The molecule has 1 aromatic rings. The molecule has 0 amide bonds. The Labute approximate surface area is 375 Å². The number of benzene rings is 1. The van der Waals surface area contributed by atoms with E-state index in [1.54, 1.807) is 12.1 Å². The van der Waals surface area contributed by atoms with Crippen LogP contribution < -0.4 is 42.5 Å². The van der Waals surface area contributed by atoms with Gasteiger partial charge >= 0.3 is 0 Å². The van der Waals surface area contributed by atoms with Gasteiger partial charge in [-0.2, -0.15) is 8.42 Å². The van der Waals surface area contributed by atoms with Crippen LogP contribution in [0.1, 0.15) is 179 Å². The minimum atomic E-state index is -4.06. The molecule has 4 saturated carbocycles. The smallest absolute Gasteiger partial charge is 0.286 e. The summed E-state index contributed by atoms with van der Waals surface area (Å²) in [5, 5.41) is 33.8. The van der Waals surface area contributed by atoms with Crippen LogP contribution in [-0.4, -0.2) is 62.3 Å². The van der Waals surface area contributed by atoms with E-state index in [9.17, 15) is 8.42 Å². The molecule has 5 saturated heterocycles. The first-order valence-electron chi connectivity index (χ1n) is 26.5. The molecule has 5 aliphatic heterocycles. The topological polar surface area (TPSA) is 151 Å². The molecule has 1 aromatic carbocycles. The van der Waals surface area contributed by atoms with E-state index in [0.29, 0.717) is 49.3 Å². The van der Waals surface area contributed by atoms with Gasteiger partial charge < -0.3 is 0 Å². The van der Waals surface area contributed by atoms with Crippen molar-refractivity contribution in [3.05, 3.63) is 29.8 Å². The number of unbranched alkanes of at least 4 members (excludes halogenated alkanes) is 9. The van der Waals surface area contributed by atoms with E-state index in [-0.39, 0.29) is 4.90 Å². The summed E-state index contributed by atoms with van der Waals surface area (Å²) in [7, 11) is -4.06. The van der Waals surface area contributed by atoms with Crippen molar-refractivity contribution in [1.82, 2.24) is 42.5 Å². The SMILES string of the molecule is C1CCC2C3NC(NC4NC(NC5NC(NC6NC(N3)C3CCCCC63)C3CCCCC53)C3CCCCC43)C2C1.CCCCCCCCCCCCc1ccc(S(=O)(=O)O)cc1. The number of rotatable bonds is 12. The first kappa shape index (κ1) is 45.9. The van der Waals surface area contributed by atoms with Gasteiger partial charge in [0.25, 0.3) is 10.1 Å². The van der Waals surface area contributed by atoms with E-state index in [1.807, 2.05) is 0 Å². The van der Waals surface area contributed by atoms with Crippen LogP contribution in [0.5, 0.6) is 0 Å². The zero-order valence-electron chi connectivity index (χ0n) is 38.3. The third-order valence-electron chi connectivity index (χ3n) is 17.8. The highest BCUT2D eigenvalue weighted by Gasteiger charge is 2.54. The third-order valence-corrected chi connectivity index (χ3v) is 18.7. The van der Waals surface area contributed by atoms with Gasteiger partial charge in [-0.15, -0.1) is 0 Å². The fourth-order valence-electron chi connectivity index (χ4n) is 14.6. The summed E-state index contributed by atoms with van der Waals surface area (Å²) in [5.41, 5.74) is 1.13. The quantitative estimate of drug-likeness (QED) is 0.0743. The second-order valence-electron chi connectivity index (χ2n) is 21.7. The maximum atomic E-state index is 10.9. The summed E-state index contributed by atoms with van der Waals surface area (Å²) in [6, 6.07) is 6.52. The summed E-state index contributed by atoms with van der Waals surface area (Å²) in [6.07, 6.45) is 39.7. The molecule has 0 radical (unpaired) electrons. The molecule has 11 nitrogen and oxygen atoms in total. The van der Waals surface area contributed by atoms with Crippen LogP contribution >= 0.6 is 0 Å². The van der Waals surface area contributed by atoms with Crippen molar-refractivity contribution in [1.29, 1.82) is 0 Å². The summed E-state index contributed by atoms with van der Waals surface area (Å²) < 4.78 is 30.8. The summed E-state index contributed by atoms with van der Waals surface area (Å²) >= 11 is 0. The molecular formula is C50H86N8O3S. The number of hydrogen-bond acceptors (Lipinski definition) is 10. The maximum Gasteiger partial charge on any atom is 0.294 e. The van der Waals surface area contributed by atoms with Crippen LogP contribution in [0.2, 0.25) is 0 Å². The van der Waals surface area contributed by atoms with E-state index in [2.05, 4.69) is 49.5 Å². The predicted octanol–water partition coefficient (Wildman–Crippen LogP) is 8.00. The molecule has 62 heavy (non-hydrogen) atoms. The van der Waals surface area contributed by atoms with Crippen molar-refractivity contribution in [2.45, 2.75) is 235 Å². The zero-order valence-corrected chi connectivity index (χ0v) is 39.1. The van der Waals surface area contributed by atoms with Gasteiger partial charge in [-0.25, -0.2) is 0 Å². The molecule has 9 aliphatic rings. The second kappa shape index (κ2) is 21.6. The van der Waals surface area contributed by atoms with Gasteiger partial charge in [0.15, 0.2) is 0 Å². The lowest BCUT2D eigenvalue weighted by Crippen LogP contribution is -2.61. The highest BCUT2D eigenvalue weighted by molar-refractivity contribution is 7.85. The van der Waals surface area contributed by atoms with E-state index < -0.39 is 10.1 Å². The van der Waals surface area contributed by atoms with E-state index >= 15 is 0 Å². The molecule has 9 fully saturated rings. The molecule has 0 spiro atoms. The third kappa shape index (κ3) is 10.8. The van der Waals surface area contributed by atoms with Gasteiger partial charge in [-0.05, 0) is 129 Å². The number of hydrogen-bond donors (Lipinski definition) is 9. The second-order valence-corrected chi connectivity index (χ2v) is 23.1. The van der Waals surface area contributed by atoms with Crippen LogP contribution in [0.15, 0.2) is 29.2 Å². The Hall–Kier alpha value is -1.19. The van der Waals surface area contributed by atoms with Gasteiger partial charge in [-0.3, -0.25) is 47.1 Å². The van der Waals surface area contributed by atoms with E-state index in [1.165, 1.54) is 173 Å². The first-order valence-corrected chi connectivity index (χ1v) is 27.9. The van der Waals surface area contributed by atoms with Crippen molar-refractivity contribution in [2.75, 3.05) is 0 Å². The van der Waals surface area contributed by atoms with Crippen LogP contribution in [-0.2, 0) is 16.5 Å². The Morgan fingerprint density at radius 3 is 0.887 bits per heavy atom. The molecule has 350 valence electrons. The molecule has 12 heteroatoms. The minimum Gasteiger partial charge on any atom is -0.286 e. The van der Waals surface area contributed by atoms with Crippen LogP contribution in [0.3, 0.4) is 0 Å². The van der Waals surface area contributed by atoms with Crippen molar-refractivity contribution in [2.24, 2.45) is 47.3 Å². The maximum absolute atomic E-state index is 10.9. The van der Waals surface area contributed by atoms with Crippen LogP contribution in [0.4, 0.5) is 0 Å². The summed E-state index contributed by atoms with van der Waals surface area (Å²) in [5.74, 6) is 5.97. The minimum absolute atomic E-state index is 0.0284. The van der Waals surface area contributed by atoms with E-state index in [4.69, 9.17) is 4.55 Å².